The zero-order valence-electron chi connectivity index (χ0n) is 11.6. The third-order valence-electron chi connectivity index (χ3n) is 2.73. The monoisotopic (exact) mass is 311 g/mol. The average Bonchev–Trinajstić information content (AvgIpc) is 2.75. The molecule has 0 fully saturated rings. The Kier molecular flexibility index (Phi) is 5.34. The maximum Gasteiger partial charge on any atom is 0.226 e. The molecule has 1 amide bonds. The fraction of sp³-hybridized carbons (Fsp3) is 0.429. The van der Waals surface area contributed by atoms with E-state index in [1.54, 1.807) is 6.07 Å². The highest BCUT2D eigenvalue weighted by molar-refractivity contribution is 7.22. The zero-order chi connectivity index (χ0) is 14.5. The number of halogens is 1. The molecule has 0 aliphatic heterocycles. The van der Waals surface area contributed by atoms with Crippen LogP contribution in [-0.4, -0.2) is 23.5 Å². The second-order valence-corrected chi connectivity index (χ2v) is 6.36. The van der Waals surface area contributed by atoms with Gasteiger partial charge in [0.05, 0.1) is 10.2 Å². The number of thiazole rings is 1. The van der Waals surface area contributed by atoms with E-state index in [0.717, 1.165) is 23.2 Å². The minimum absolute atomic E-state index is 0.000657. The number of fused-ring (bicyclic) bond motifs is 1. The van der Waals surface area contributed by atoms with Gasteiger partial charge in [0.15, 0.2) is 5.13 Å². The number of benzene rings is 1. The molecule has 1 aromatic carbocycles. The lowest BCUT2D eigenvalue weighted by Gasteiger charge is -2.07. The lowest BCUT2D eigenvalue weighted by atomic mass is 10.3. The van der Waals surface area contributed by atoms with Gasteiger partial charge in [-0.25, -0.2) is 4.98 Å². The van der Waals surface area contributed by atoms with E-state index < -0.39 is 0 Å². The van der Waals surface area contributed by atoms with Crippen molar-refractivity contribution in [2.75, 3.05) is 11.9 Å². The number of rotatable bonds is 6. The highest BCUT2D eigenvalue weighted by atomic mass is 35.5. The smallest absolute Gasteiger partial charge is 0.226 e. The maximum absolute atomic E-state index is 11.8. The maximum atomic E-state index is 11.8. The molecule has 0 bridgehead atoms. The standard InChI is InChI=1S/C14H18ClN3OS/c1-9(2)16-7-3-4-13(19)18-14-17-11-6-5-10(15)8-12(11)20-14/h5-6,8-9,16H,3-4,7H2,1-2H3,(H,17,18,19). The van der Waals surface area contributed by atoms with Gasteiger partial charge >= 0.3 is 0 Å². The number of hydrogen-bond acceptors (Lipinski definition) is 4. The van der Waals surface area contributed by atoms with Crippen LogP contribution in [0.15, 0.2) is 18.2 Å². The largest absolute Gasteiger partial charge is 0.315 e. The molecule has 0 atom stereocenters. The third-order valence-corrected chi connectivity index (χ3v) is 3.90. The Balaban J connectivity index is 1.86. The summed E-state index contributed by atoms with van der Waals surface area (Å²) in [7, 11) is 0. The van der Waals surface area contributed by atoms with Crippen molar-refractivity contribution in [2.45, 2.75) is 32.7 Å². The Morgan fingerprint density at radius 1 is 1.45 bits per heavy atom. The van der Waals surface area contributed by atoms with Crippen LogP contribution in [0.3, 0.4) is 0 Å². The van der Waals surface area contributed by atoms with Gasteiger partial charge in [0.1, 0.15) is 0 Å². The molecule has 0 unspecified atom stereocenters. The van der Waals surface area contributed by atoms with Crippen LogP contribution in [0.1, 0.15) is 26.7 Å². The summed E-state index contributed by atoms with van der Waals surface area (Å²) in [5, 5.41) is 7.43. The van der Waals surface area contributed by atoms with E-state index in [9.17, 15) is 4.79 Å². The summed E-state index contributed by atoms with van der Waals surface area (Å²) in [4.78, 5) is 16.2. The fourth-order valence-corrected chi connectivity index (χ4v) is 2.93. The predicted molar refractivity (Wildman–Crippen MR) is 85.6 cm³/mol. The molecular formula is C14H18ClN3OS. The number of hydrogen-bond donors (Lipinski definition) is 2. The third kappa shape index (κ3) is 4.44. The molecule has 2 N–H and O–H groups in total. The van der Waals surface area contributed by atoms with Crippen LogP contribution >= 0.6 is 22.9 Å². The van der Waals surface area contributed by atoms with Crippen molar-refractivity contribution in [3.63, 3.8) is 0 Å². The van der Waals surface area contributed by atoms with Gasteiger partial charge in [-0.2, -0.15) is 0 Å². The second kappa shape index (κ2) is 7.02. The first-order valence-corrected chi connectivity index (χ1v) is 7.83. The Morgan fingerprint density at radius 3 is 3.00 bits per heavy atom. The Bertz CT molecular complexity index is 597. The van der Waals surface area contributed by atoms with Crippen LogP contribution in [0.5, 0.6) is 0 Å². The minimum atomic E-state index is 0.000657. The van der Waals surface area contributed by atoms with E-state index in [0.29, 0.717) is 22.6 Å². The zero-order valence-corrected chi connectivity index (χ0v) is 13.1. The molecular weight excluding hydrogens is 294 g/mol. The van der Waals surface area contributed by atoms with Crippen LogP contribution in [0, 0.1) is 0 Å². The van der Waals surface area contributed by atoms with Crippen LogP contribution in [-0.2, 0) is 4.79 Å². The van der Waals surface area contributed by atoms with Crippen molar-refractivity contribution in [3.05, 3.63) is 23.2 Å². The fourth-order valence-electron chi connectivity index (χ4n) is 1.77. The van der Waals surface area contributed by atoms with E-state index in [-0.39, 0.29) is 5.91 Å². The van der Waals surface area contributed by atoms with E-state index in [2.05, 4.69) is 29.5 Å². The lowest BCUT2D eigenvalue weighted by Crippen LogP contribution is -2.24. The summed E-state index contributed by atoms with van der Waals surface area (Å²) in [6, 6.07) is 5.96. The highest BCUT2D eigenvalue weighted by Gasteiger charge is 2.08. The van der Waals surface area contributed by atoms with Gasteiger partial charge in [0.25, 0.3) is 0 Å². The van der Waals surface area contributed by atoms with Crippen molar-refractivity contribution >= 4 is 44.2 Å². The van der Waals surface area contributed by atoms with E-state index >= 15 is 0 Å². The Hall–Kier alpha value is -1.17. The molecule has 0 aliphatic carbocycles. The molecule has 1 heterocycles. The molecule has 0 saturated heterocycles. The normalized spacial score (nSPS) is 11.2. The van der Waals surface area contributed by atoms with Crippen molar-refractivity contribution in [2.24, 2.45) is 0 Å². The van der Waals surface area contributed by atoms with Gasteiger partial charge in [-0.05, 0) is 31.2 Å². The molecule has 2 rings (SSSR count). The molecule has 0 radical (unpaired) electrons. The molecule has 6 heteroatoms. The molecule has 4 nitrogen and oxygen atoms in total. The minimum Gasteiger partial charge on any atom is -0.315 e. The number of nitrogens with one attached hydrogen (secondary N) is 2. The van der Waals surface area contributed by atoms with Crippen LogP contribution < -0.4 is 10.6 Å². The van der Waals surface area contributed by atoms with Gasteiger partial charge in [-0.3, -0.25) is 4.79 Å². The van der Waals surface area contributed by atoms with Crippen molar-refractivity contribution in [1.29, 1.82) is 0 Å². The van der Waals surface area contributed by atoms with Crippen molar-refractivity contribution in [1.82, 2.24) is 10.3 Å². The summed E-state index contributed by atoms with van der Waals surface area (Å²) in [5.74, 6) is 0.000657. The molecule has 1 aromatic heterocycles. The quantitative estimate of drug-likeness (QED) is 0.800. The highest BCUT2D eigenvalue weighted by Crippen LogP contribution is 2.28. The number of anilines is 1. The first-order chi connectivity index (χ1) is 9.54. The number of carbonyl (C=O) groups excluding carboxylic acids is 1. The van der Waals surface area contributed by atoms with Crippen molar-refractivity contribution < 1.29 is 4.79 Å². The summed E-state index contributed by atoms with van der Waals surface area (Å²) in [6.45, 7) is 5.03. The second-order valence-electron chi connectivity index (χ2n) is 4.89. The Labute approximate surface area is 127 Å². The van der Waals surface area contributed by atoms with Gasteiger partial charge < -0.3 is 10.6 Å². The number of aromatic nitrogens is 1. The number of amides is 1. The molecule has 0 saturated carbocycles. The van der Waals surface area contributed by atoms with Crippen LogP contribution in [0.4, 0.5) is 5.13 Å². The van der Waals surface area contributed by atoms with Crippen LogP contribution in [0.25, 0.3) is 10.2 Å². The number of carbonyl (C=O) groups is 1. The summed E-state index contributed by atoms with van der Waals surface area (Å²) >= 11 is 7.37. The van der Waals surface area contributed by atoms with Gasteiger partial charge in [-0.15, -0.1) is 0 Å². The topological polar surface area (TPSA) is 54.0 Å². The predicted octanol–water partition coefficient (Wildman–Crippen LogP) is 3.67. The van der Waals surface area contributed by atoms with Gasteiger partial charge in [-0.1, -0.05) is 36.8 Å². The van der Waals surface area contributed by atoms with E-state index in [1.807, 2.05) is 12.1 Å². The molecule has 108 valence electrons. The van der Waals surface area contributed by atoms with Gasteiger partial charge in [0.2, 0.25) is 5.91 Å². The first kappa shape index (κ1) is 15.2. The average molecular weight is 312 g/mol. The summed E-state index contributed by atoms with van der Waals surface area (Å²) in [6.07, 6.45) is 1.32. The number of nitrogens with zero attached hydrogens (tertiary/aromatic N) is 1. The Morgan fingerprint density at radius 2 is 2.25 bits per heavy atom. The van der Waals surface area contributed by atoms with Gasteiger partial charge in [0, 0.05) is 17.5 Å². The first-order valence-electron chi connectivity index (χ1n) is 6.64. The summed E-state index contributed by atoms with van der Waals surface area (Å²) < 4.78 is 0.981. The molecule has 0 aliphatic rings. The molecule has 2 aromatic rings. The molecule has 20 heavy (non-hydrogen) atoms. The van der Waals surface area contributed by atoms with Crippen molar-refractivity contribution in [3.8, 4) is 0 Å². The van der Waals surface area contributed by atoms with E-state index in [4.69, 9.17) is 11.6 Å². The molecule has 0 spiro atoms. The van der Waals surface area contributed by atoms with Crippen LogP contribution in [0.2, 0.25) is 5.02 Å². The van der Waals surface area contributed by atoms with E-state index in [1.165, 1.54) is 11.3 Å². The summed E-state index contributed by atoms with van der Waals surface area (Å²) in [5.41, 5.74) is 0.858. The SMILES string of the molecule is CC(C)NCCCC(=O)Nc1nc2ccc(Cl)cc2s1. The lowest BCUT2D eigenvalue weighted by molar-refractivity contribution is -0.116.